The summed E-state index contributed by atoms with van der Waals surface area (Å²) in [4.78, 5) is 0. The van der Waals surface area contributed by atoms with Crippen LogP contribution in [-0.4, -0.2) is 0 Å². The van der Waals surface area contributed by atoms with E-state index in [0.717, 1.165) is 0 Å². The lowest BCUT2D eigenvalue weighted by Gasteiger charge is -2.15. The van der Waals surface area contributed by atoms with E-state index in [9.17, 15) is 0 Å². The van der Waals surface area contributed by atoms with Gasteiger partial charge < -0.3 is 0 Å². The molecule has 0 aliphatic heterocycles. The van der Waals surface area contributed by atoms with Crippen LogP contribution in [0.1, 0.15) is 19.5 Å². The van der Waals surface area contributed by atoms with Crippen LogP contribution in [0.3, 0.4) is 0 Å². The van der Waals surface area contributed by atoms with Gasteiger partial charge in [-0.3, -0.25) is 0 Å². The zero-order chi connectivity index (χ0) is 21.9. The van der Waals surface area contributed by atoms with Crippen molar-refractivity contribution in [3.05, 3.63) is 121 Å². The fraction of sp³-hybridized carbons (Fsp3) is 0.0968. The van der Waals surface area contributed by atoms with Crippen LogP contribution in [0, 0.1) is 0 Å². The van der Waals surface area contributed by atoms with Gasteiger partial charge in [0.05, 0.1) is 0 Å². The maximum atomic E-state index is 2.38. The molecule has 32 heavy (non-hydrogen) atoms. The summed E-state index contributed by atoms with van der Waals surface area (Å²) < 4.78 is 0. The van der Waals surface area contributed by atoms with Gasteiger partial charge in [0.15, 0.2) is 0 Å². The number of rotatable bonds is 5. The lowest BCUT2D eigenvalue weighted by molar-refractivity contribution is 1.03. The summed E-state index contributed by atoms with van der Waals surface area (Å²) in [5.74, 6) is 0. The standard InChI is InChI=1S/C31H27P/c1-23(2)32-30(26-19-11-5-12-20-26)28(24-15-7-3-8-16-24)29(25-17-9-4-10-18-25)31(32)27-21-13-6-14-22-27/h3-23H,1-2H3. The molecule has 5 aromatic rings. The van der Waals surface area contributed by atoms with E-state index in [-0.39, 0.29) is 0 Å². The topological polar surface area (TPSA) is 0 Å². The van der Waals surface area contributed by atoms with Crippen molar-refractivity contribution < 1.29 is 0 Å². The minimum absolute atomic E-state index is 0.523. The summed E-state index contributed by atoms with van der Waals surface area (Å²) in [6, 6.07) is 44.0. The molecule has 0 aliphatic rings. The van der Waals surface area contributed by atoms with Gasteiger partial charge in [-0.1, -0.05) is 135 Å². The Balaban J connectivity index is 2.00. The largest absolute Gasteiger partial charge is 0.105 e. The zero-order valence-corrected chi connectivity index (χ0v) is 19.5. The van der Waals surface area contributed by atoms with Gasteiger partial charge in [-0.05, 0) is 27.9 Å². The van der Waals surface area contributed by atoms with Gasteiger partial charge in [-0.2, -0.15) is 0 Å². The van der Waals surface area contributed by atoms with E-state index in [1.165, 1.54) is 44.0 Å². The van der Waals surface area contributed by atoms with Crippen LogP contribution < -0.4 is 0 Å². The van der Waals surface area contributed by atoms with Crippen LogP contribution >= 0.6 is 7.53 Å². The van der Waals surface area contributed by atoms with Crippen molar-refractivity contribution in [1.29, 1.82) is 0 Å². The first-order valence-electron chi connectivity index (χ1n) is 11.3. The minimum Gasteiger partial charge on any atom is -0.105 e. The highest BCUT2D eigenvalue weighted by molar-refractivity contribution is 7.57. The first-order chi connectivity index (χ1) is 15.8. The van der Waals surface area contributed by atoms with E-state index < -0.39 is 7.53 Å². The van der Waals surface area contributed by atoms with Crippen LogP contribution in [-0.2, 0) is 0 Å². The van der Waals surface area contributed by atoms with E-state index in [1.54, 1.807) is 0 Å². The van der Waals surface area contributed by atoms with Gasteiger partial charge in [0.25, 0.3) is 0 Å². The molecule has 0 spiro atoms. The Kier molecular flexibility index (Phi) is 5.80. The molecular formula is C31H27P. The molecule has 1 heteroatoms. The third-order valence-electron chi connectivity index (χ3n) is 5.94. The summed E-state index contributed by atoms with van der Waals surface area (Å²) >= 11 is 0. The summed E-state index contributed by atoms with van der Waals surface area (Å²) in [7, 11) is -0.550. The summed E-state index contributed by atoms with van der Waals surface area (Å²) in [6.07, 6.45) is 0. The fourth-order valence-electron chi connectivity index (χ4n) is 4.64. The molecule has 0 saturated heterocycles. The van der Waals surface area contributed by atoms with Crippen molar-refractivity contribution in [3.63, 3.8) is 0 Å². The Morgan fingerprint density at radius 2 is 0.688 bits per heavy atom. The van der Waals surface area contributed by atoms with E-state index >= 15 is 0 Å². The van der Waals surface area contributed by atoms with Gasteiger partial charge in [0.2, 0.25) is 0 Å². The van der Waals surface area contributed by atoms with Crippen molar-refractivity contribution >= 4 is 7.53 Å². The maximum Gasteiger partial charge on any atom is 0.0105 e. The lowest BCUT2D eigenvalue weighted by Crippen LogP contribution is -1.85. The van der Waals surface area contributed by atoms with Gasteiger partial charge in [-0.15, -0.1) is 7.53 Å². The lowest BCUT2D eigenvalue weighted by atomic mass is 9.91. The Morgan fingerprint density at radius 3 is 0.969 bits per heavy atom. The third-order valence-corrected chi connectivity index (χ3v) is 8.90. The van der Waals surface area contributed by atoms with Gasteiger partial charge >= 0.3 is 0 Å². The Labute approximate surface area is 192 Å². The second-order valence-electron chi connectivity index (χ2n) is 8.38. The third kappa shape index (κ3) is 3.72. The normalized spacial score (nSPS) is 11.1. The average Bonchev–Trinajstić information content (AvgIpc) is 3.23. The molecule has 0 saturated carbocycles. The molecule has 0 bridgehead atoms. The summed E-state index contributed by atoms with van der Waals surface area (Å²) in [6.45, 7) is 4.77. The summed E-state index contributed by atoms with van der Waals surface area (Å²) in [5.41, 5.74) is 8.57. The molecule has 4 aromatic carbocycles. The Bertz CT molecular complexity index is 1200. The van der Waals surface area contributed by atoms with Gasteiger partial charge in [0.1, 0.15) is 0 Å². The monoisotopic (exact) mass is 430 g/mol. The Hall–Kier alpha value is -3.34. The smallest absolute Gasteiger partial charge is 0.0105 e. The molecule has 1 heterocycles. The molecular weight excluding hydrogens is 403 g/mol. The molecule has 0 amide bonds. The van der Waals surface area contributed by atoms with Crippen molar-refractivity contribution in [2.24, 2.45) is 0 Å². The molecule has 156 valence electrons. The molecule has 0 fully saturated rings. The van der Waals surface area contributed by atoms with Crippen molar-refractivity contribution in [2.45, 2.75) is 19.5 Å². The summed E-state index contributed by atoms with van der Waals surface area (Å²) in [5, 5.41) is 3.00. The second-order valence-corrected chi connectivity index (χ2v) is 11.0. The highest BCUT2D eigenvalue weighted by Crippen LogP contribution is 2.65. The first kappa shape index (κ1) is 20.6. The van der Waals surface area contributed by atoms with Gasteiger partial charge in [-0.25, -0.2) is 0 Å². The number of hydrogen-bond acceptors (Lipinski definition) is 0. The molecule has 0 unspecified atom stereocenters. The van der Waals surface area contributed by atoms with E-state index in [1.807, 2.05) is 0 Å². The average molecular weight is 431 g/mol. The van der Waals surface area contributed by atoms with Crippen LogP contribution in [0.2, 0.25) is 0 Å². The van der Waals surface area contributed by atoms with Crippen molar-refractivity contribution in [1.82, 2.24) is 0 Å². The SMILES string of the molecule is CC(C)p1c(-c2ccccc2)c(-c2ccccc2)c(-c2ccccc2)c1-c1ccccc1. The molecule has 0 N–H and O–H groups in total. The van der Waals surface area contributed by atoms with E-state index in [0.29, 0.717) is 5.66 Å². The molecule has 1 aromatic heterocycles. The molecule has 0 aliphatic carbocycles. The van der Waals surface area contributed by atoms with Crippen molar-refractivity contribution in [2.75, 3.05) is 0 Å². The van der Waals surface area contributed by atoms with E-state index in [2.05, 4.69) is 135 Å². The predicted octanol–water partition coefficient (Wildman–Crippen LogP) is 9.92. The molecule has 0 nitrogen and oxygen atoms in total. The highest BCUT2D eigenvalue weighted by Gasteiger charge is 2.28. The first-order valence-corrected chi connectivity index (χ1v) is 12.7. The Morgan fingerprint density at radius 1 is 0.406 bits per heavy atom. The minimum atomic E-state index is -0.550. The molecule has 0 radical (unpaired) electrons. The van der Waals surface area contributed by atoms with Crippen molar-refractivity contribution in [3.8, 4) is 44.0 Å². The fourth-order valence-corrected chi connectivity index (χ4v) is 7.71. The van der Waals surface area contributed by atoms with Crippen LogP contribution in [0.15, 0.2) is 121 Å². The van der Waals surface area contributed by atoms with E-state index in [4.69, 9.17) is 0 Å². The number of hydrogen-bond donors (Lipinski definition) is 0. The van der Waals surface area contributed by atoms with Gasteiger partial charge in [0, 0.05) is 21.7 Å². The molecule has 0 atom stereocenters. The van der Waals surface area contributed by atoms with Crippen LogP contribution in [0.4, 0.5) is 0 Å². The maximum absolute atomic E-state index is 2.38. The highest BCUT2D eigenvalue weighted by atomic mass is 31.1. The zero-order valence-electron chi connectivity index (χ0n) is 18.6. The second kappa shape index (κ2) is 9.03. The molecule has 5 rings (SSSR count). The quantitative estimate of drug-likeness (QED) is 0.260. The van der Waals surface area contributed by atoms with Crippen LogP contribution in [0.5, 0.6) is 0 Å². The predicted molar refractivity (Wildman–Crippen MR) is 141 cm³/mol. The van der Waals surface area contributed by atoms with Crippen LogP contribution in [0.25, 0.3) is 44.0 Å². The number of benzene rings is 4.